The Hall–Kier alpha value is -3.34. The molecular formula is C25H25F4N3O3S. The number of alkyl halides is 3. The topological polar surface area (TPSA) is 62.7 Å². The number of hydrogen-bond donors (Lipinski definition) is 0. The fourth-order valence-corrected chi connectivity index (χ4v) is 5.06. The van der Waals surface area contributed by atoms with Gasteiger partial charge in [0.1, 0.15) is 17.3 Å². The van der Waals surface area contributed by atoms with Crippen LogP contribution in [0.25, 0.3) is 0 Å². The molecule has 0 atom stereocenters. The number of nitrogens with zero attached hydrogens (tertiary/aromatic N) is 3. The van der Waals surface area contributed by atoms with Crippen LogP contribution in [-0.4, -0.2) is 45.9 Å². The van der Waals surface area contributed by atoms with Crippen molar-refractivity contribution in [3.05, 3.63) is 72.3 Å². The standard InChI is InChI=1S/C25H25F4N3O3S/c1-35-24-9-12-30-16-23(24)32(18-5-3-17(4-6-18)25(27,28)29)19-10-13-31(14-11-19)22-8-7-20(15-21(22)26)36(2,33)34/h3-9,12,15-16,19H,10-11,13-14H2,1-2H3. The number of aromatic nitrogens is 1. The summed E-state index contributed by atoms with van der Waals surface area (Å²) in [6.07, 6.45) is 0.872. The highest BCUT2D eigenvalue weighted by atomic mass is 32.2. The zero-order valence-electron chi connectivity index (χ0n) is 19.7. The van der Waals surface area contributed by atoms with E-state index in [1.807, 2.05) is 9.80 Å². The van der Waals surface area contributed by atoms with Crippen molar-refractivity contribution >= 4 is 26.9 Å². The summed E-state index contributed by atoms with van der Waals surface area (Å²) < 4.78 is 83.1. The molecule has 2 heterocycles. The lowest BCUT2D eigenvalue weighted by atomic mass is 10.00. The van der Waals surface area contributed by atoms with E-state index in [9.17, 15) is 26.0 Å². The normalized spacial score (nSPS) is 15.1. The lowest BCUT2D eigenvalue weighted by Crippen LogP contribution is -2.43. The van der Waals surface area contributed by atoms with E-state index in [1.54, 1.807) is 18.5 Å². The lowest BCUT2D eigenvalue weighted by Gasteiger charge is -2.41. The molecular weight excluding hydrogens is 498 g/mol. The number of hydrogen-bond acceptors (Lipinski definition) is 6. The summed E-state index contributed by atoms with van der Waals surface area (Å²) in [7, 11) is -2.02. The molecule has 0 saturated carbocycles. The molecule has 2 aromatic carbocycles. The summed E-state index contributed by atoms with van der Waals surface area (Å²) in [6, 6.07) is 10.3. The summed E-state index contributed by atoms with van der Waals surface area (Å²) in [5.74, 6) is -0.0976. The molecule has 0 radical (unpaired) electrons. The average Bonchev–Trinajstić information content (AvgIpc) is 2.84. The van der Waals surface area contributed by atoms with Crippen LogP contribution < -0.4 is 14.5 Å². The smallest absolute Gasteiger partial charge is 0.416 e. The quantitative estimate of drug-likeness (QED) is 0.400. The van der Waals surface area contributed by atoms with Gasteiger partial charge in [-0.1, -0.05) is 0 Å². The van der Waals surface area contributed by atoms with Crippen LogP contribution in [0.4, 0.5) is 34.6 Å². The van der Waals surface area contributed by atoms with Gasteiger partial charge in [-0.2, -0.15) is 13.2 Å². The van der Waals surface area contributed by atoms with Crippen LogP contribution in [-0.2, 0) is 16.0 Å². The van der Waals surface area contributed by atoms with E-state index in [0.717, 1.165) is 24.5 Å². The Kier molecular flexibility index (Phi) is 7.12. The molecule has 11 heteroatoms. The third kappa shape index (κ3) is 5.40. The van der Waals surface area contributed by atoms with Crippen LogP contribution in [0.2, 0.25) is 0 Å². The van der Waals surface area contributed by atoms with Crippen LogP contribution in [0.1, 0.15) is 18.4 Å². The zero-order chi connectivity index (χ0) is 26.1. The van der Waals surface area contributed by atoms with E-state index in [4.69, 9.17) is 4.74 Å². The molecule has 4 rings (SSSR count). The summed E-state index contributed by atoms with van der Waals surface area (Å²) in [4.78, 5) is 7.84. The van der Waals surface area contributed by atoms with Crippen molar-refractivity contribution in [1.29, 1.82) is 0 Å². The second-order valence-electron chi connectivity index (χ2n) is 8.57. The summed E-state index contributed by atoms with van der Waals surface area (Å²) >= 11 is 0. The van der Waals surface area contributed by atoms with Crippen LogP contribution in [0.5, 0.6) is 5.75 Å². The Morgan fingerprint density at radius 2 is 1.72 bits per heavy atom. The lowest BCUT2D eigenvalue weighted by molar-refractivity contribution is -0.137. The number of pyridine rings is 1. The highest BCUT2D eigenvalue weighted by Gasteiger charge is 2.32. The molecule has 36 heavy (non-hydrogen) atoms. The Labute approximate surface area is 207 Å². The van der Waals surface area contributed by atoms with Gasteiger partial charge >= 0.3 is 6.18 Å². The maximum absolute atomic E-state index is 14.8. The molecule has 1 aliphatic heterocycles. The Morgan fingerprint density at radius 3 is 2.28 bits per heavy atom. The predicted octanol–water partition coefficient (Wildman–Crippen LogP) is 5.46. The molecule has 192 valence electrons. The Bertz CT molecular complexity index is 1320. The van der Waals surface area contributed by atoms with Gasteiger partial charge in [-0.3, -0.25) is 4.98 Å². The van der Waals surface area contributed by atoms with Crippen molar-refractivity contribution in [2.75, 3.05) is 36.3 Å². The zero-order valence-corrected chi connectivity index (χ0v) is 20.5. The minimum atomic E-state index is -4.45. The van der Waals surface area contributed by atoms with Gasteiger partial charge < -0.3 is 14.5 Å². The number of ether oxygens (including phenoxy) is 1. The summed E-state index contributed by atoms with van der Waals surface area (Å²) in [5, 5.41) is 0. The molecule has 1 aliphatic rings. The number of piperidine rings is 1. The minimum Gasteiger partial charge on any atom is -0.494 e. The fourth-order valence-electron chi connectivity index (χ4n) is 4.42. The van der Waals surface area contributed by atoms with Crippen LogP contribution in [0, 0.1) is 5.82 Å². The Morgan fingerprint density at radius 1 is 1.06 bits per heavy atom. The number of anilines is 3. The highest BCUT2D eigenvalue weighted by Crippen LogP contribution is 2.39. The van der Waals surface area contributed by atoms with Crippen LogP contribution in [0.15, 0.2) is 65.8 Å². The maximum Gasteiger partial charge on any atom is 0.416 e. The maximum atomic E-state index is 14.8. The largest absolute Gasteiger partial charge is 0.494 e. The number of sulfone groups is 1. The SMILES string of the molecule is COc1ccncc1N(c1ccc(C(F)(F)F)cc1)C1CCN(c2ccc(S(C)(=O)=O)cc2F)CC1. The first kappa shape index (κ1) is 25.7. The van der Waals surface area contributed by atoms with Gasteiger partial charge in [-0.05, 0) is 55.3 Å². The first-order chi connectivity index (χ1) is 17.0. The van der Waals surface area contributed by atoms with E-state index in [2.05, 4.69) is 4.98 Å². The Balaban J connectivity index is 1.62. The van der Waals surface area contributed by atoms with Crippen LogP contribution >= 0.6 is 0 Å². The molecule has 0 unspecified atom stereocenters. The second-order valence-corrected chi connectivity index (χ2v) is 10.6. The summed E-state index contributed by atoms with van der Waals surface area (Å²) in [5.41, 5.74) is 0.728. The monoisotopic (exact) mass is 523 g/mol. The van der Waals surface area contributed by atoms with Crippen molar-refractivity contribution in [2.45, 2.75) is 30.0 Å². The predicted molar refractivity (Wildman–Crippen MR) is 129 cm³/mol. The molecule has 0 aliphatic carbocycles. The van der Waals surface area contributed by atoms with E-state index >= 15 is 0 Å². The van der Waals surface area contributed by atoms with E-state index in [-0.39, 0.29) is 10.9 Å². The number of rotatable bonds is 6. The van der Waals surface area contributed by atoms with Crippen molar-refractivity contribution in [3.8, 4) is 5.75 Å². The van der Waals surface area contributed by atoms with Crippen molar-refractivity contribution in [3.63, 3.8) is 0 Å². The second kappa shape index (κ2) is 9.96. The van der Waals surface area contributed by atoms with E-state index in [0.29, 0.717) is 48.7 Å². The van der Waals surface area contributed by atoms with Gasteiger partial charge in [-0.25, -0.2) is 12.8 Å². The van der Waals surface area contributed by atoms with Gasteiger partial charge in [-0.15, -0.1) is 0 Å². The van der Waals surface area contributed by atoms with E-state index < -0.39 is 27.4 Å². The minimum absolute atomic E-state index is 0.0872. The fraction of sp³-hybridized carbons (Fsp3) is 0.320. The molecule has 6 nitrogen and oxygen atoms in total. The summed E-state index contributed by atoms with van der Waals surface area (Å²) in [6.45, 7) is 0.916. The molecule has 1 saturated heterocycles. The number of methoxy groups -OCH3 is 1. The van der Waals surface area contributed by atoms with Gasteiger partial charge in [0.15, 0.2) is 9.84 Å². The van der Waals surface area contributed by atoms with Crippen molar-refractivity contribution < 1.29 is 30.7 Å². The van der Waals surface area contributed by atoms with Gasteiger partial charge in [0.05, 0.1) is 29.5 Å². The third-order valence-corrected chi connectivity index (χ3v) is 7.34. The highest BCUT2D eigenvalue weighted by molar-refractivity contribution is 7.90. The van der Waals surface area contributed by atoms with Gasteiger partial charge in [0.2, 0.25) is 0 Å². The number of halogens is 4. The molecule has 0 amide bonds. The molecule has 3 aromatic rings. The van der Waals surface area contributed by atoms with Crippen molar-refractivity contribution in [1.82, 2.24) is 4.98 Å². The molecule has 1 fully saturated rings. The van der Waals surface area contributed by atoms with Gasteiger partial charge in [0, 0.05) is 43.3 Å². The van der Waals surface area contributed by atoms with Gasteiger partial charge in [0.25, 0.3) is 0 Å². The van der Waals surface area contributed by atoms with Crippen LogP contribution in [0.3, 0.4) is 0 Å². The molecule has 0 N–H and O–H groups in total. The molecule has 0 bridgehead atoms. The number of benzene rings is 2. The first-order valence-electron chi connectivity index (χ1n) is 11.2. The third-order valence-electron chi connectivity index (χ3n) is 6.23. The first-order valence-corrected chi connectivity index (χ1v) is 13.1. The van der Waals surface area contributed by atoms with Crippen molar-refractivity contribution in [2.24, 2.45) is 0 Å². The molecule has 1 aromatic heterocycles. The van der Waals surface area contributed by atoms with E-state index in [1.165, 1.54) is 31.4 Å². The average molecular weight is 524 g/mol. The molecule has 0 spiro atoms.